The van der Waals surface area contributed by atoms with Gasteiger partial charge in [0.1, 0.15) is 12.4 Å². The molecule has 0 aliphatic rings. The van der Waals surface area contributed by atoms with Crippen molar-refractivity contribution in [3.05, 3.63) is 59.1 Å². The maximum Gasteiger partial charge on any atom is 0.134 e. The van der Waals surface area contributed by atoms with Crippen molar-refractivity contribution in [2.45, 2.75) is 11.5 Å². The van der Waals surface area contributed by atoms with E-state index >= 15 is 0 Å². The molecule has 0 aliphatic carbocycles. The average Bonchev–Trinajstić information content (AvgIpc) is 2.38. The highest BCUT2D eigenvalue weighted by molar-refractivity contribution is 7.98. The normalized spacial score (nSPS) is 10.2. The summed E-state index contributed by atoms with van der Waals surface area (Å²) >= 11 is 7.62. The third kappa shape index (κ3) is 3.42. The van der Waals surface area contributed by atoms with Gasteiger partial charge in [-0.2, -0.15) is 0 Å². The van der Waals surface area contributed by atoms with Gasteiger partial charge in [0.05, 0.1) is 0 Å². The van der Waals surface area contributed by atoms with E-state index in [4.69, 9.17) is 16.3 Å². The molecule has 88 valence electrons. The van der Waals surface area contributed by atoms with Crippen LogP contribution < -0.4 is 4.74 Å². The van der Waals surface area contributed by atoms with Gasteiger partial charge in [-0.15, -0.1) is 11.8 Å². The van der Waals surface area contributed by atoms with E-state index in [-0.39, 0.29) is 0 Å². The molecule has 2 aromatic carbocycles. The molecule has 0 N–H and O–H groups in total. The zero-order valence-corrected chi connectivity index (χ0v) is 11.1. The molecule has 17 heavy (non-hydrogen) atoms. The molecule has 0 aromatic heterocycles. The molecule has 1 nitrogen and oxygen atoms in total. The molecule has 0 amide bonds. The van der Waals surface area contributed by atoms with Crippen molar-refractivity contribution < 1.29 is 4.74 Å². The summed E-state index contributed by atoms with van der Waals surface area (Å²) in [5, 5.41) is 0.700. The Morgan fingerprint density at radius 2 is 1.88 bits per heavy atom. The Hall–Kier alpha value is -1.12. The lowest BCUT2D eigenvalue weighted by Crippen LogP contribution is -1.96. The van der Waals surface area contributed by atoms with Gasteiger partial charge < -0.3 is 4.74 Å². The maximum atomic E-state index is 5.97. The largest absolute Gasteiger partial charge is 0.488 e. The van der Waals surface area contributed by atoms with E-state index in [1.165, 1.54) is 0 Å². The fourth-order valence-electron chi connectivity index (χ4n) is 1.50. The van der Waals surface area contributed by atoms with E-state index in [1.54, 1.807) is 11.8 Å². The molecule has 0 atom stereocenters. The lowest BCUT2D eigenvalue weighted by molar-refractivity contribution is 0.299. The summed E-state index contributed by atoms with van der Waals surface area (Å²) in [6.45, 7) is 0.564. The fourth-order valence-corrected chi connectivity index (χ4v) is 2.18. The van der Waals surface area contributed by atoms with Gasteiger partial charge in [-0.05, 0) is 30.0 Å². The molecule has 2 aromatic rings. The second kappa shape index (κ2) is 5.99. The summed E-state index contributed by atoms with van der Waals surface area (Å²) in [6.07, 6.45) is 2.03. The summed E-state index contributed by atoms with van der Waals surface area (Å²) in [5.41, 5.74) is 1.15. The highest BCUT2D eigenvalue weighted by atomic mass is 35.5. The van der Waals surface area contributed by atoms with Gasteiger partial charge in [0.2, 0.25) is 0 Å². The van der Waals surface area contributed by atoms with Crippen LogP contribution >= 0.6 is 23.4 Å². The Morgan fingerprint density at radius 1 is 1.12 bits per heavy atom. The number of hydrogen-bond acceptors (Lipinski definition) is 2. The molecule has 0 saturated carbocycles. The zero-order valence-electron chi connectivity index (χ0n) is 9.52. The molecular weight excluding hydrogens is 252 g/mol. The summed E-state index contributed by atoms with van der Waals surface area (Å²) in [5.74, 6) is 0.842. The van der Waals surface area contributed by atoms with E-state index in [2.05, 4.69) is 0 Å². The van der Waals surface area contributed by atoms with Crippen molar-refractivity contribution in [1.29, 1.82) is 0 Å². The number of thioether (sulfide) groups is 1. The van der Waals surface area contributed by atoms with E-state index in [1.807, 2.05) is 54.8 Å². The van der Waals surface area contributed by atoms with Gasteiger partial charge in [-0.3, -0.25) is 0 Å². The van der Waals surface area contributed by atoms with E-state index in [0.717, 1.165) is 16.2 Å². The zero-order chi connectivity index (χ0) is 12.1. The van der Waals surface area contributed by atoms with Gasteiger partial charge in [-0.1, -0.05) is 41.9 Å². The van der Waals surface area contributed by atoms with Crippen LogP contribution in [0.25, 0.3) is 0 Å². The minimum absolute atomic E-state index is 0.564. The van der Waals surface area contributed by atoms with E-state index in [9.17, 15) is 0 Å². The number of benzene rings is 2. The summed E-state index contributed by atoms with van der Waals surface area (Å²) in [6, 6.07) is 15.8. The van der Waals surface area contributed by atoms with Crippen molar-refractivity contribution >= 4 is 23.4 Å². The lowest BCUT2D eigenvalue weighted by Gasteiger charge is -2.10. The molecule has 3 heteroatoms. The second-order valence-electron chi connectivity index (χ2n) is 3.57. The van der Waals surface area contributed by atoms with E-state index < -0.39 is 0 Å². The highest BCUT2D eigenvalue weighted by Crippen LogP contribution is 2.30. The van der Waals surface area contributed by atoms with Gasteiger partial charge >= 0.3 is 0 Å². The first-order valence-corrected chi connectivity index (χ1v) is 6.90. The van der Waals surface area contributed by atoms with Crippen LogP contribution in [0.1, 0.15) is 5.56 Å². The van der Waals surface area contributed by atoms with Crippen LogP contribution in [0.4, 0.5) is 0 Å². The highest BCUT2D eigenvalue weighted by Gasteiger charge is 2.04. The Bertz CT molecular complexity index is 485. The topological polar surface area (TPSA) is 9.23 Å². The van der Waals surface area contributed by atoms with Crippen molar-refractivity contribution in [2.24, 2.45) is 0 Å². The fraction of sp³-hybridized carbons (Fsp3) is 0.143. The monoisotopic (exact) mass is 264 g/mol. The van der Waals surface area contributed by atoms with Crippen LogP contribution in [-0.2, 0) is 6.61 Å². The molecule has 0 spiro atoms. The van der Waals surface area contributed by atoms with Gasteiger partial charge in [0, 0.05) is 9.92 Å². The molecule has 0 unspecified atom stereocenters. The van der Waals surface area contributed by atoms with Gasteiger partial charge in [0.15, 0.2) is 0 Å². The van der Waals surface area contributed by atoms with Crippen LogP contribution in [0.15, 0.2) is 53.4 Å². The smallest absolute Gasteiger partial charge is 0.134 e. The SMILES string of the molecule is CSc1ccc(Cl)cc1OCc1ccccc1. The van der Waals surface area contributed by atoms with Crippen molar-refractivity contribution in [1.82, 2.24) is 0 Å². The number of ether oxygens (including phenoxy) is 1. The molecule has 0 radical (unpaired) electrons. The quantitative estimate of drug-likeness (QED) is 0.744. The Kier molecular flexibility index (Phi) is 4.35. The van der Waals surface area contributed by atoms with Crippen LogP contribution in [0.3, 0.4) is 0 Å². The number of rotatable bonds is 4. The Labute approximate surface area is 111 Å². The first-order chi connectivity index (χ1) is 8.29. The second-order valence-corrected chi connectivity index (χ2v) is 4.85. The van der Waals surface area contributed by atoms with Gasteiger partial charge in [-0.25, -0.2) is 0 Å². The molecule has 2 rings (SSSR count). The van der Waals surface area contributed by atoms with E-state index in [0.29, 0.717) is 11.6 Å². The summed E-state index contributed by atoms with van der Waals surface area (Å²) in [4.78, 5) is 1.10. The first-order valence-electron chi connectivity index (χ1n) is 5.30. The number of hydrogen-bond donors (Lipinski definition) is 0. The third-order valence-corrected chi connectivity index (χ3v) is 3.38. The molecular formula is C14H13ClOS. The minimum atomic E-state index is 0.564. The standard InChI is InChI=1S/C14H13ClOS/c1-17-14-8-7-12(15)9-13(14)16-10-11-5-3-2-4-6-11/h2-9H,10H2,1H3. The average molecular weight is 265 g/mol. The Balaban J connectivity index is 2.11. The molecule has 0 saturated heterocycles. The van der Waals surface area contributed by atoms with Crippen LogP contribution in [0.2, 0.25) is 5.02 Å². The molecule has 0 bridgehead atoms. The van der Waals surface area contributed by atoms with Crippen LogP contribution in [0.5, 0.6) is 5.75 Å². The summed E-state index contributed by atoms with van der Waals surface area (Å²) in [7, 11) is 0. The van der Waals surface area contributed by atoms with Crippen molar-refractivity contribution in [2.75, 3.05) is 6.26 Å². The lowest BCUT2D eigenvalue weighted by atomic mass is 10.2. The maximum absolute atomic E-state index is 5.97. The van der Waals surface area contributed by atoms with Crippen molar-refractivity contribution in [3.8, 4) is 5.75 Å². The first kappa shape index (κ1) is 12.3. The predicted molar refractivity (Wildman–Crippen MR) is 74.0 cm³/mol. The Morgan fingerprint density at radius 3 is 2.59 bits per heavy atom. The van der Waals surface area contributed by atoms with Crippen LogP contribution in [-0.4, -0.2) is 6.26 Å². The van der Waals surface area contributed by atoms with Crippen LogP contribution in [0, 0.1) is 0 Å². The summed E-state index contributed by atoms with van der Waals surface area (Å²) < 4.78 is 5.79. The molecule has 0 fully saturated rings. The minimum Gasteiger partial charge on any atom is -0.488 e. The van der Waals surface area contributed by atoms with Crippen molar-refractivity contribution in [3.63, 3.8) is 0 Å². The number of halogens is 1. The molecule has 0 heterocycles. The predicted octanol–water partition coefficient (Wildman–Crippen LogP) is 4.64. The van der Waals surface area contributed by atoms with Gasteiger partial charge in [0.25, 0.3) is 0 Å². The third-order valence-electron chi connectivity index (χ3n) is 2.36. The molecule has 0 aliphatic heterocycles.